The normalized spacial score (nSPS) is 20.8. The summed E-state index contributed by atoms with van der Waals surface area (Å²) in [7, 11) is 1.61. The van der Waals surface area contributed by atoms with Gasteiger partial charge >= 0.3 is 0 Å². The first-order valence-electron chi connectivity index (χ1n) is 5.28. The van der Waals surface area contributed by atoms with Crippen molar-refractivity contribution in [3.8, 4) is 0 Å². The molecule has 1 amide bonds. The number of hydrogen-bond donors (Lipinski definition) is 1. The fourth-order valence-corrected chi connectivity index (χ4v) is 1.81. The summed E-state index contributed by atoms with van der Waals surface area (Å²) in [6, 6.07) is 5.92. The monoisotopic (exact) mass is 220 g/mol. The lowest BCUT2D eigenvalue weighted by Gasteiger charge is -2.24. The van der Waals surface area contributed by atoms with Gasteiger partial charge in [0, 0.05) is 12.7 Å². The molecule has 1 aliphatic heterocycles. The predicted molar refractivity (Wildman–Crippen MR) is 62.0 cm³/mol. The van der Waals surface area contributed by atoms with E-state index in [0.717, 1.165) is 11.3 Å². The molecule has 1 fully saturated rings. The van der Waals surface area contributed by atoms with Crippen LogP contribution >= 0.6 is 0 Å². The van der Waals surface area contributed by atoms with E-state index in [0.29, 0.717) is 0 Å². The maximum Gasteiger partial charge on any atom is 0.245 e. The zero-order valence-corrected chi connectivity index (χ0v) is 9.77. The maximum absolute atomic E-state index is 11.4. The lowest BCUT2D eigenvalue weighted by Crippen LogP contribution is -2.37. The number of rotatable bonds is 1. The Hall–Kier alpha value is -1.55. The molecule has 1 heterocycles. The molecule has 86 valence electrons. The molecule has 0 radical (unpaired) electrons. The van der Waals surface area contributed by atoms with Crippen molar-refractivity contribution >= 4 is 11.6 Å². The Morgan fingerprint density at radius 3 is 2.50 bits per heavy atom. The van der Waals surface area contributed by atoms with Crippen LogP contribution in [0, 0.1) is 13.8 Å². The van der Waals surface area contributed by atoms with Gasteiger partial charge in [-0.1, -0.05) is 6.07 Å². The summed E-state index contributed by atoms with van der Waals surface area (Å²) in [6.45, 7) is 4.30. The highest BCUT2D eigenvalue weighted by atomic mass is 16.3. The van der Waals surface area contributed by atoms with Crippen LogP contribution in [0.5, 0.6) is 0 Å². The van der Waals surface area contributed by atoms with E-state index in [4.69, 9.17) is 0 Å². The van der Waals surface area contributed by atoms with Gasteiger partial charge in [0.2, 0.25) is 12.3 Å². The van der Waals surface area contributed by atoms with E-state index in [1.165, 1.54) is 10.5 Å². The van der Waals surface area contributed by atoms with Gasteiger partial charge in [-0.3, -0.25) is 4.79 Å². The highest BCUT2D eigenvalue weighted by Crippen LogP contribution is 2.24. The molecule has 0 spiro atoms. The summed E-state index contributed by atoms with van der Waals surface area (Å²) in [4.78, 5) is 14.5. The van der Waals surface area contributed by atoms with Gasteiger partial charge in [-0.05, 0) is 37.1 Å². The van der Waals surface area contributed by atoms with Crippen molar-refractivity contribution in [1.29, 1.82) is 0 Å². The Morgan fingerprint density at radius 2 is 2.00 bits per heavy atom. The fourth-order valence-electron chi connectivity index (χ4n) is 1.81. The summed E-state index contributed by atoms with van der Waals surface area (Å²) in [5.74, 6) is -0.0641. The third kappa shape index (κ3) is 1.65. The zero-order chi connectivity index (χ0) is 11.9. The van der Waals surface area contributed by atoms with Gasteiger partial charge in [0.15, 0.2) is 0 Å². The summed E-state index contributed by atoms with van der Waals surface area (Å²) in [5, 5.41) is 9.87. The molecular formula is C12H16N2O2. The second kappa shape index (κ2) is 3.79. The Balaban J connectivity index is 2.32. The molecule has 0 bridgehead atoms. The van der Waals surface area contributed by atoms with E-state index in [1.807, 2.05) is 32.0 Å². The minimum Gasteiger partial charge on any atom is -0.356 e. The van der Waals surface area contributed by atoms with Crippen LogP contribution in [0.25, 0.3) is 0 Å². The van der Waals surface area contributed by atoms with E-state index >= 15 is 0 Å². The number of aliphatic hydroxyl groups excluding tert-OH is 1. The first-order valence-corrected chi connectivity index (χ1v) is 5.28. The predicted octanol–water partition coefficient (Wildman–Crippen LogP) is 0.858. The topological polar surface area (TPSA) is 43.8 Å². The van der Waals surface area contributed by atoms with Crippen LogP contribution in [0.2, 0.25) is 0 Å². The van der Waals surface area contributed by atoms with Gasteiger partial charge < -0.3 is 14.9 Å². The van der Waals surface area contributed by atoms with Crippen LogP contribution in [0.1, 0.15) is 11.1 Å². The number of aliphatic hydroxyl groups is 1. The van der Waals surface area contributed by atoms with Crippen molar-refractivity contribution in [1.82, 2.24) is 4.90 Å². The zero-order valence-electron chi connectivity index (χ0n) is 9.77. The largest absolute Gasteiger partial charge is 0.356 e. The van der Waals surface area contributed by atoms with Gasteiger partial charge in [-0.2, -0.15) is 0 Å². The summed E-state index contributed by atoms with van der Waals surface area (Å²) < 4.78 is 0. The number of hydrogen-bond acceptors (Lipinski definition) is 3. The van der Waals surface area contributed by atoms with E-state index in [9.17, 15) is 9.90 Å². The standard InChI is InChI=1S/C12H16N2O2/c1-8-4-5-10(6-9(8)2)14-7-11(15)13(3)12(14)16/h4-6,12,16H,7H2,1-3H3. The average molecular weight is 220 g/mol. The molecule has 1 atom stereocenters. The minimum absolute atomic E-state index is 0.0641. The molecule has 1 aromatic carbocycles. The molecule has 16 heavy (non-hydrogen) atoms. The van der Waals surface area contributed by atoms with Crippen LogP contribution in [0.3, 0.4) is 0 Å². The van der Waals surface area contributed by atoms with Gasteiger partial charge in [0.1, 0.15) is 6.54 Å². The van der Waals surface area contributed by atoms with Crippen molar-refractivity contribution < 1.29 is 9.90 Å². The maximum atomic E-state index is 11.4. The highest BCUT2D eigenvalue weighted by molar-refractivity contribution is 5.85. The molecule has 2 rings (SSSR count). The average Bonchev–Trinajstić information content (AvgIpc) is 2.50. The lowest BCUT2D eigenvalue weighted by atomic mass is 10.1. The molecule has 0 saturated carbocycles. The number of aryl methyl sites for hydroxylation is 2. The van der Waals surface area contributed by atoms with Gasteiger partial charge in [0.05, 0.1) is 0 Å². The number of benzene rings is 1. The molecule has 1 aromatic rings. The SMILES string of the molecule is Cc1ccc(N2CC(=O)N(C)C2O)cc1C. The van der Waals surface area contributed by atoms with E-state index in [-0.39, 0.29) is 12.5 Å². The van der Waals surface area contributed by atoms with Crippen LogP contribution in [0.15, 0.2) is 18.2 Å². The molecule has 1 aliphatic rings. The first-order chi connectivity index (χ1) is 7.50. The van der Waals surface area contributed by atoms with Crippen molar-refractivity contribution in [2.45, 2.75) is 20.2 Å². The van der Waals surface area contributed by atoms with E-state index in [2.05, 4.69) is 0 Å². The molecule has 0 aromatic heterocycles. The third-order valence-corrected chi connectivity index (χ3v) is 3.15. The Labute approximate surface area is 95.1 Å². The van der Waals surface area contributed by atoms with Crippen LogP contribution in [-0.4, -0.2) is 35.9 Å². The number of carbonyl (C=O) groups is 1. The molecular weight excluding hydrogens is 204 g/mol. The third-order valence-electron chi connectivity index (χ3n) is 3.15. The quantitative estimate of drug-likeness (QED) is 0.763. The van der Waals surface area contributed by atoms with Gasteiger partial charge in [-0.25, -0.2) is 0 Å². The lowest BCUT2D eigenvalue weighted by molar-refractivity contribution is -0.130. The number of carbonyl (C=O) groups excluding carboxylic acids is 1. The summed E-state index contributed by atoms with van der Waals surface area (Å²) >= 11 is 0. The summed E-state index contributed by atoms with van der Waals surface area (Å²) in [5.41, 5.74) is 3.25. The van der Waals surface area contributed by atoms with Crippen molar-refractivity contribution in [3.05, 3.63) is 29.3 Å². The van der Waals surface area contributed by atoms with Gasteiger partial charge in [-0.15, -0.1) is 0 Å². The van der Waals surface area contributed by atoms with Gasteiger partial charge in [0.25, 0.3) is 0 Å². The molecule has 1 N–H and O–H groups in total. The van der Waals surface area contributed by atoms with E-state index in [1.54, 1.807) is 11.9 Å². The smallest absolute Gasteiger partial charge is 0.245 e. The first kappa shape index (κ1) is 11.0. The molecule has 4 nitrogen and oxygen atoms in total. The fraction of sp³-hybridized carbons (Fsp3) is 0.417. The van der Waals surface area contributed by atoms with Crippen molar-refractivity contribution in [2.75, 3.05) is 18.5 Å². The Morgan fingerprint density at radius 1 is 1.31 bits per heavy atom. The Kier molecular flexibility index (Phi) is 2.59. The second-order valence-corrected chi connectivity index (χ2v) is 4.25. The van der Waals surface area contributed by atoms with Crippen molar-refractivity contribution in [3.63, 3.8) is 0 Å². The van der Waals surface area contributed by atoms with Crippen molar-refractivity contribution in [2.24, 2.45) is 0 Å². The molecule has 1 unspecified atom stereocenters. The number of likely N-dealkylation sites (N-methyl/N-ethyl adjacent to an activating group) is 1. The Bertz CT molecular complexity index is 431. The number of amides is 1. The summed E-state index contributed by atoms with van der Waals surface area (Å²) in [6.07, 6.45) is -0.852. The molecule has 0 aliphatic carbocycles. The minimum atomic E-state index is -0.852. The second-order valence-electron chi connectivity index (χ2n) is 4.25. The van der Waals surface area contributed by atoms with Crippen LogP contribution in [-0.2, 0) is 4.79 Å². The molecule has 4 heteroatoms. The number of anilines is 1. The highest BCUT2D eigenvalue weighted by Gasteiger charge is 2.33. The van der Waals surface area contributed by atoms with E-state index < -0.39 is 6.35 Å². The van der Waals surface area contributed by atoms with Crippen LogP contribution < -0.4 is 4.90 Å². The molecule has 1 saturated heterocycles. The van der Waals surface area contributed by atoms with Crippen LogP contribution in [0.4, 0.5) is 5.69 Å². The number of nitrogens with zero attached hydrogens (tertiary/aromatic N) is 2.